The Hall–Kier alpha value is -3.29. The number of carbonyl (C=O) groups excluding carboxylic acids is 1. The number of nitrogens with one attached hydrogen (secondary N) is 1. The predicted molar refractivity (Wildman–Crippen MR) is 105 cm³/mol. The van der Waals surface area contributed by atoms with Crippen molar-refractivity contribution >= 4 is 16.8 Å². The second-order valence-electron chi connectivity index (χ2n) is 6.84. The van der Waals surface area contributed by atoms with E-state index >= 15 is 0 Å². The molecule has 0 unspecified atom stereocenters. The van der Waals surface area contributed by atoms with Crippen molar-refractivity contribution in [2.24, 2.45) is 0 Å². The second-order valence-corrected chi connectivity index (χ2v) is 6.84. The lowest BCUT2D eigenvalue weighted by Crippen LogP contribution is -2.38. The molecule has 0 saturated heterocycles. The molecule has 1 aromatic heterocycles. The maximum Gasteiger partial charge on any atom is 0.387 e. The third-order valence-electron chi connectivity index (χ3n) is 4.43. The van der Waals surface area contributed by atoms with Gasteiger partial charge in [-0.3, -0.25) is 9.59 Å². The summed E-state index contributed by atoms with van der Waals surface area (Å²) in [5.74, 6) is 0.268. The lowest BCUT2D eigenvalue weighted by Gasteiger charge is -2.26. The van der Waals surface area contributed by atoms with E-state index in [1.807, 2.05) is 13.8 Å². The molecule has 3 rings (SSSR count). The standard InChI is InChI=1S/C21H21F2N3O3/c1-13(2)26(12-18-24-17-6-4-3-5-16(17)20(28)25-18)19(27)11-14-7-9-15(10-8-14)29-21(22)23/h3-10,13,21H,11-12H2,1-2H3,(H,24,25,28). The summed E-state index contributed by atoms with van der Waals surface area (Å²) in [5.41, 5.74) is 0.982. The van der Waals surface area contributed by atoms with Gasteiger partial charge in [-0.1, -0.05) is 24.3 Å². The minimum atomic E-state index is -2.89. The quantitative estimate of drug-likeness (QED) is 0.658. The van der Waals surface area contributed by atoms with Gasteiger partial charge in [0.05, 0.1) is 23.9 Å². The lowest BCUT2D eigenvalue weighted by atomic mass is 10.1. The van der Waals surface area contributed by atoms with Crippen molar-refractivity contribution in [2.45, 2.75) is 39.5 Å². The third kappa shape index (κ3) is 5.16. The summed E-state index contributed by atoms with van der Waals surface area (Å²) in [5, 5.41) is 0.491. The first-order chi connectivity index (χ1) is 13.8. The smallest absolute Gasteiger partial charge is 0.387 e. The molecule has 29 heavy (non-hydrogen) atoms. The highest BCUT2D eigenvalue weighted by molar-refractivity contribution is 5.79. The summed E-state index contributed by atoms with van der Waals surface area (Å²) in [6.07, 6.45) is 0.0882. The Bertz CT molecular complexity index is 1050. The van der Waals surface area contributed by atoms with Crippen LogP contribution < -0.4 is 10.3 Å². The number of rotatable bonds is 7. The zero-order chi connectivity index (χ0) is 21.0. The molecule has 0 bridgehead atoms. The fraction of sp³-hybridized carbons (Fsp3) is 0.286. The van der Waals surface area contributed by atoms with Crippen molar-refractivity contribution in [3.63, 3.8) is 0 Å². The number of hydrogen-bond donors (Lipinski definition) is 1. The monoisotopic (exact) mass is 401 g/mol. The molecule has 0 atom stereocenters. The molecule has 152 valence electrons. The van der Waals surface area contributed by atoms with Gasteiger partial charge in [0.25, 0.3) is 5.56 Å². The highest BCUT2D eigenvalue weighted by Gasteiger charge is 2.19. The predicted octanol–water partition coefficient (Wildman–Crippen LogP) is 3.50. The van der Waals surface area contributed by atoms with E-state index in [0.29, 0.717) is 22.3 Å². The van der Waals surface area contributed by atoms with Crippen molar-refractivity contribution in [3.05, 3.63) is 70.3 Å². The number of H-pyrrole nitrogens is 1. The zero-order valence-corrected chi connectivity index (χ0v) is 16.1. The number of aromatic nitrogens is 2. The Kier molecular flexibility index (Phi) is 6.21. The van der Waals surface area contributed by atoms with Crippen molar-refractivity contribution in [2.75, 3.05) is 0 Å². The van der Waals surface area contributed by atoms with E-state index < -0.39 is 6.61 Å². The Morgan fingerprint density at radius 2 is 1.83 bits per heavy atom. The maximum atomic E-state index is 12.8. The number of ether oxygens (including phenoxy) is 1. The molecule has 0 spiro atoms. The van der Waals surface area contributed by atoms with Crippen molar-refractivity contribution in [1.82, 2.24) is 14.9 Å². The van der Waals surface area contributed by atoms with Crippen LogP contribution in [0.1, 0.15) is 25.2 Å². The molecule has 1 heterocycles. The largest absolute Gasteiger partial charge is 0.435 e. The van der Waals surface area contributed by atoms with Gasteiger partial charge in [0, 0.05) is 6.04 Å². The van der Waals surface area contributed by atoms with Gasteiger partial charge in [-0.25, -0.2) is 4.98 Å². The van der Waals surface area contributed by atoms with Crippen LogP contribution in [0.25, 0.3) is 10.9 Å². The molecule has 2 aromatic carbocycles. The van der Waals surface area contributed by atoms with Crippen LogP contribution in [-0.2, 0) is 17.8 Å². The molecule has 1 amide bonds. The number of hydrogen-bond acceptors (Lipinski definition) is 4. The van der Waals surface area contributed by atoms with Crippen molar-refractivity contribution in [1.29, 1.82) is 0 Å². The van der Waals surface area contributed by atoms with Crippen LogP contribution in [0.4, 0.5) is 8.78 Å². The SMILES string of the molecule is CC(C)N(Cc1nc2ccccc2c(=O)[nH]1)C(=O)Cc1ccc(OC(F)F)cc1. The number of benzene rings is 2. The normalized spacial score (nSPS) is 11.2. The Morgan fingerprint density at radius 3 is 2.48 bits per heavy atom. The van der Waals surface area contributed by atoms with E-state index in [0.717, 1.165) is 0 Å². The van der Waals surface area contributed by atoms with Gasteiger partial charge in [0.2, 0.25) is 5.91 Å². The molecule has 0 fully saturated rings. The molecule has 8 heteroatoms. The molecule has 6 nitrogen and oxygen atoms in total. The highest BCUT2D eigenvalue weighted by Crippen LogP contribution is 2.17. The van der Waals surface area contributed by atoms with Gasteiger partial charge in [-0.15, -0.1) is 0 Å². The van der Waals surface area contributed by atoms with E-state index in [-0.39, 0.29) is 36.2 Å². The minimum Gasteiger partial charge on any atom is -0.435 e. The highest BCUT2D eigenvalue weighted by atomic mass is 19.3. The van der Waals surface area contributed by atoms with E-state index in [1.165, 1.54) is 12.1 Å². The van der Waals surface area contributed by atoms with Gasteiger partial charge >= 0.3 is 6.61 Å². The first kappa shape index (κ1) is 20.4. The Morgan fingerprint density at radius 1 is 1.14 bits per heavy atom. The van der Waals surface area contributed by atoms with Crippen LogP contribution in [-0.4, -0.2) is 33.4 Å². The van der Waals surface area contributed by atoms with Gasteiger partial charge in [0.15, 0.2) is 0 Å². The molecule has 0 radical (unpaired) electrons. The fourth-order valence-electron chi connectivity index (χ4n) is 2.99. The van der Waals surface area contributed by atoms with Crippen LogP contribution in [0.3, 0.4) is 0 Å². The van der Waals surface area contributed by atoms with Crippen LogP contribution in [0.5, 0.6) is 5.75 Å². The number of para-hydroxylation sites is 1. The summed E-state index contributed by atoms with van der Waals surface area (Å²) in [6, 6.07) is 12.8. The molecule has 0 saturated carbocycles. The Labute approximate surface area is 166 Å². The molecular weight excluding hydrogens is 380 g/mol. The van der Waals surface area contributed by atoms with Crippen LogP contribution >= 0.6 is 0 Å². The molecule has 3 aromatic rings. The minimum absolute atomic E-state index is 0.0369. The van der Waals surface area contributed by atoms with Crippen LogP contribution in [0, 0.1) is 0 Å². The number of fused-ring (bicyclic) bond motifs is 1. The first-order valence-electron chi connectivity index (χ1n) is 9.14. The van der Waals surface area contributed by atoms with Crippen molar-refractivity contribution < 1.29 is 18.3 Å². The van der Waals surface area contributed by atoms with Gasteiger partial charge in [-0.2, -0.15) is 8.78 Å². The summed E-state index contributed by atoms with van der Waals surface area (Å²) in [6.45, 7) is 1.01. The summed E-state index contributed by atoms with van der Waals surface area (Å²) in [4.78, 5) is 33.9. The fourth-order valence-corrected chi connectivity index (χ4v) is 2.99. The molecule has 0 aliphatic rings. The third-order valence-corrected chi connectivity index (χ3v) is 4.43. The van der Waals surface area contributed by atoms with E-state index in [2.05, 4.69) is 14.7 Å². The van der Waals surface area contributed by atoms with E-state index in [4.69, 9.17) is 0 Å². The summed E-state index contributed by atoms with van der Waals surface area (Å²) >= 11 is 0. The first-order valence-corrected chi connectivity index (χ1v) is 9.14. The molecule has 1 N–H and O–H groups in total. The number of amides is 1. The summed E-state index contributed by atoms with van der Waals surface area (Å²) < 4.78 is 28.8. The molecule has 0 aliphatic carbocycles. The van der Waals surface area contributed by atoms with Crippen LogP contribution in [0.15, 0.2) is 53.3 Å². The van der Waals surface area contributed by atoms with E-state index in [9.17, 15) is 18.4 Å². The lowest BCUT2D eigenvalue weighted by molar-refractivity contribution is -0.133. The van der Waals surface area contributed by atoms with Gasteiger partial charge < -0.3 is 14.6 Å². The number of nitrogens with zero attached hydrogens (tertiary/aromatic N) is 2. The number of halogens is 2. The van der Waals surface area contributed by atoms with Crippen molar-refractivity contribution in [3.8, 4) is 5.75 Å². The summed E-state index contributed by atoms with van der Waals surface area (Å²) in [7, 11) is 0. The molecule has 0 aliphatic heterocycles. The number of alkyl halides is 2. The van der Waals surface area contributed by atoms with E-state index in [1.54, 1.807) is 41.3 Å². The number of carbonyl (C=O) groups is 1. The topological polar surface area (TPSA) is 75.3 Å². The van der Waals surface area contributed by atoms with Gasteiger partial charge in [0.1, 0.15) is 11.6 Å². The molecular formula is C21H21F2N3O3. The average molecular weight is 401 g/mol. The second kappa shape index (κ2) is 8.81. The number of aromatic amines is 1. The van der Waals surface area contributed by atoms with Crippen LogP contribution in [0.2, 0.25) is 0 Å². The van der Waals surface area contributed by atoms with Gasteiger partial charge in [-0.05, 0) is 43.7 Å². The maximum absolute atomic E-state index is 12.8. The Balaban J connectivity index is 1.76. The average Bonchev–Trinajstić information content (AvgIpc) is 2.67. The zero-order valence-electron chi connectivity index (χ0n) is 16.1.